The minimum Gasteiger partial charge on any atom is -0.496 e. The highest BCUT2D eigenvalue weighted by Crippen LogP contribution is 2.19. The third-order valence-electron chi connectivity index (χ3n) is 2.45. The third kappa shape index (κ3) is 4.43. The van der Waals surface area contributed by atoms with E-state index >= 15 is 0 Å². The van der Waals surface area contributed by atoms with Gasteiger partial charge in [-0.05, 0) is 24.6 Å². The Morgan fingerprint density at radius 1 is 1.47 bits per heavy atom. The average molecular weight is 239 g/mol. The van der Waals surface area contributed by atoms with Gasteiger partial charge < -0.3 is 10.1 Å². The summed E-state index contributed by atoms with van der Waals surface area (Å²) in [5.41, 5.74) is 0.571. The molecular weight excluding hydrogens is 221 g/mol. The molecule has 0 bridgehead atoms. The molecule has 4 heteroatoms. The lowest BCUT2D eigenvalue weighted by molar-refractivity contribution is -0.120. The van der Waals surface area contributed by atoms with E-state index in [2.05, 4.69) is 12.2 Å². The second-order valence-corrected chi connectivity index (χ2v) is 3.84. The van der Waals surface area contributed by atoms with Crippen molar-refractivity contribution >= 4 is 5.91 Å². The van der Waals surface area contributed by atoms with Crippen LogP contribution in [0.5, 0.6) is 5.75 Å². The van der Waals surface area contributed by atoms with Crippen molar-refractivity contribution in [1.29, 1.82) is 0 Å². The van der Waals surface area contributed by atoms with Crippen LogP contribution in [-0.4, -0.2) is 19.6 Å². The SMILES string of the molecule is CCCCNC(=O)Cc1cc(F)ccc1OC. The Morgan fingerprint density at radius 3 is 2.88 bits per heavy atom. The fourth-order valence-corrected chi connectivity index (χ4v) is 1.53. The van der Waals surface area contributed by atoms with E-state index in [1.807, 2.05) is 0 Å². The molecule has 3 nitrogen and oxygen atoms in total. The number of benzene rings is 1. The van der Waals surface area contributed by atoms with E-state index in [9.17, 15) is 9.18 Å². The predicted molar refractivity (Wildman–Crippen MR) is 64.6 cm³/mol. The zero-order chi connectivity index (χ0) is 12.7. The van der Waals surface area contributed by atoms with Gasteiger partial charge in [0.2, 0.25) is 5.91 Å². The van der Waals surface area contributed by atoms with Crippen molar-refractivity contribution in [2.45, 2.75) is 26.2 Å². The first-order valence-electron chi connectivity index (χ1n) is 5.76. The summed E-state index contributed by atoms with van der Waals surface area (Å²) in [5, 5.41) is 2.79. The van der Waals surface area contributed by atoms with Crippen LogP contribution in [0.3, 0.4) is 0 Å². The standard InChI is InChI=1S/C13H18FNO2/c1-3-4-7-15-13(16)9-10-8-11(14)5-6-12(10)17-2/h5-6,8H,3-4,7,9H2,1-2H3,(H,15,16). The quantitative estimate of drug-likeness (QED) is 0.773. The van der Waals surface area contributed by atoms with E-state index in [4.69, 9.17) is 4.74 Å². The van der Waals surface area contributed by atoms with Crippen LogP contribution in [-0.2, 0) is 11.2 Å². The van der Waals surface area contributed by atoms with Gasteiger partial charge in [0.05, 0.1) is 13.5 Å². The molecule has 17 heavy (non-hydrogen) atoms. The number of halogens is 1. The molecule has 1 rings (SSSR count). The van der Waals surface area contributed by atoms with E-state index in [0.717, 1.165) is 12.8 Å². The van der Waals surface area contributed by atoms with E-state index in [-0.39, 0.29) is 18.1 Å². The molecule has 94 valence electrons. The maximum absolute atomic E-state index is 13.1. The Morgan fingerprint density at radius 2 is 2.24 bits per heavy atom. The Bertz CT molecular complexity index is 380. The lowest BCUT2D eigenvalue weighted by Gasteiger charge is -2.09. The van der Waals surface area contributed by atoms with Gasteiger partial charge in [-0.15, -0.1) is 0 Å². The lowest BCUT2D eigenvalue weighted by atomic mass is 10.1. The Labute approximate surface area is 101 Å². The summed E-state index contributed by atoms with van der Waals surface area (Å²) in [4.78, 5) is 11.6. The molecule has 0 saturated carbocycles. The maximum Gasteiger partial charge on any atom is 0.224 e. The van der Waals surface area contributed by atoms with Crippen molar-refractivity contribution in [2.75, 3.05) is 13.7 Å². The first-order chi connectivity index (χ1) is 8.17. The first-order valence-corrected chi connectivity index (χ1v) is 5.76. The minimum atomic E-state index is -0.359. The van der Waals surface area contributed by atoms with Crippen LogP contribution in [0.2, 0.25) is 0 Å². The van der Waals surface area contributed by atoms with Crippen LogP contribution in [0.15, 0.2) is 18.2 Å². The van der Waals surface area contributed by atoms with Gasteiger partial charge in [0.1, 0.15) is 11.6 Å². The lowest BCUT2D eigenvalue weighted by Crippen LogP contribution is -2.26. The zero-order valence-corrected chi connectivity index (χ0v) is 10.3. The Balaban J connectivity index is 2.60. The fraction of sp³-hybridized carbons (Fsp3) is 0.462. The van der Waals surface area contributed by atoms with E-state index in [0.29, 0.717) is 17.9 Å². The molecular formula is C13H18FNO2. The molecule has 0 spiro atoms. The van der Waals surface area contributed by atoms with Gasteiger partial charge in [-0.3, -0.25) is 4.79 Å². The van der Waals surface area contributed by atoms with E-state index in [1.54, 1.807) is 0 Å². The number of carbonyl (C=O) groups excluding carboxylic acids is 1. The number of hydrogen-bond donors (Lipinski definition) is 1. The highest BCUT2D eigenvalue weighted by molar-refractivity contribution is 5.79. The predicted octanol–water partition coefficient (Wildman–Crippen LogP) is 2.29. The van der Waals surface area contributed by atoms with Gasteiger partial charge in [0.25, 0.3) is 0 Å². The second-order valence-electron chi connectivity index (χ2n) is 3.84. The van der Waals surface area contributed by atoms with Crippen molar-refractivity contribution in [3.8, 4) is 5.75 Å². The van der Waals surface area contributed by atoms with Gasteiger partial charge in [-0.2, -0.15) is 0 Å². The summed E-state index contributed by atoms with van der Waals surface area (Å²) in [5.74, 6) is 0.0709. The number of carbonyl (C=O) groups is 1. The molecule has 0 radical (unpaired) electrons. The summed E-state index contributed by atoms with van der Waals surface area (Å²) < 4.78 is 18.1. The molecule has 1 N–H and O–H groups in total. The molecule has 1 amide bonds. The van der Waals surface area contributed by atoms with Gasteiger partial charge in [0, 0.05) is 12.1 Å². The molecule has 0 heterocycles. The minimum absolute atomic E-state index is 0.109. The smallest absolute Gasteiger partial charge is 0.224 e. The van der Waals surface area contributed by atoms with Gasteiger partial charge >= 0.3 is 0 Å². The molecule has 1 aromatic carbocycles. The molecule has 0 aliphatic heterocycles. The number of methoxy groups -OCH3 is 1. The molecule has 0 aliphatic carbocycles. The van der Waals surface area contributed by atoms with E-state index in [1.165, 1.54) is 25.3 Å². The zero-order valence-electron chi connectivity index (χ0n) is 10.3. The average Bonchev–Trinajstić information content (AvgIpc) is 2.29. The van der Waals surface area contributed by atoms with Gasteiger partial charge in [-0.1, -0.05) is 13.3 Å². The first kappa shape index (κ1) is 13.5. The maximum atomic E-state index is 13.1. The van der Waals surface area contributed by atoms with Crippen LogP contribution in [0, 0.1) is 5.82 Å². The van der Waals surface area contributed by atoms with Crippen molar-refractivity contribution in [3.63, 3.8) is 0 Å². The number of hydrogen-bond acceptors (Lipinski definition) is 2. The van der Waals surface area contributed by atoms with Gasteiger partial charge in [-0.25, -0.2) is 4.39 Å². The summed E-state index contributed by atoms with van der Waals surface area (Å²) in [6.07, 6.45) is 2.13. The molecule has 0 atom stereocenters. The van der Waals surface area contributed by atoms with Crippen LogP contribution in [0.4, 0.5) is 4.39 Å². The van der Waals surface area contributed by atoms with Crippen LogP contribution < -0.4 is 10.1 Å². The number of unbranched alkanes of at least 4 members (excludes halogenated alkanes) is 1. The fourth-order valence-electron chi connectivity index (χ4n) is 1.53. The summed E-state index contributed by atoms with van der Waals surface area (Å²) >= 11 is 0. The summed E-state index contributed by atoms with van der Waals surface area (Å²) in [6, 6.07) is 4.18. The number of amides is 1. The molecule has 0 aliphatic rings. The van der Waals surface area contributed by atoms with E-state index < -0.39 is 0 Å². The summed E-state index contributed by atoms with van der Waals surface area (Å²) in [6.45, 7) is 2.72. The molecule has 0 aromatic heterocycles. The number of ether oxygens (including phenoxy) is 1. The van der Waals surface area contributed by atoms with Crippen molar-refractivity contribution < 1.29 is 13.9 Å². The Hall–Kier alpha value is -1.58. The van der Waals surface area contributed by atoms with Crippen LogP contribution in [0.25, 0.3) is 0 Å². The normalized spacial score (nSPS) is 10.1. The Kier molecular flexibility index (Phi) is 5.46. The molecule has 0 saturated heterocycles. The number of nitrogens with one attached hydrogen (secondary N) is 1. The topological polar surface area (TPSA) is 38.3 Å². The highest BCUT2D eigenvalue weighted by Gasteiger charge is 2.09. The monoisotopic (exact) mass is 239 g/mol. The van der Waals surface area contributed by atoms with Crippen molar-refractivity contribution in [1.82, 2.24) is 5.32 Å². The second kappa shape index (κ2) is 6.89. The number of rotatable bonds is 6. The van der Waals surface area contributed by atoms with Crippen molar-refractivity contribution in [3.05, 3.63) is 29.6 Å². The largest absolute Gasteiger partial charge is 0.496 e. The van der Waals surface area contributed by atoms with Gasteiger partial charge in [0.15, 0.2) is 0 Å². The molecule has 0 unspecified atom stereocenters. The summed E-state index contributed by atoms with van der Waals surface area (Å²) in [7, 11) is 1.51. The molecule has 1 aromatic rings. The highest BCUT2D eigenvalue weighted by atomic mass is 19.1. The third-order valence-corrected chi connectivity index (χ3v) is 2.45. The molecule has 0 fully saturated rings. The van der Waals surface area contributed by atoms with Crippen LogP contribution >= 0.6 is 0 Å². The van der Waals surface area contributed by atoms with Crippen molar-refractivity contribution in [2.24, 2.45) is 0 Å². The van der Waals surface area contributed by atoms with Crippen LogP contribution in [0.1, 0.15) is 25.3 Å².